The second kappa shape index (κ2) is 8.94. The molecule has 3 aromatic carbocycles. The minimum absolute atomic E-state index is 0.366. The Morgan fingerprint density at radius 2 is 1.70 bits per heavy atom. The molecule has 0 amide bonds. The summed E-state index contributed by atoms with van der Waals surface area (Å²) in [5, 5.41) is 1.38. The number of rotatable bonds is 6. The summed E-state index contributed by atoms with van der Waals surface area (Å²) in [5.74, 6) is 1.28. The second-order valence-electron chi connectivity index (χ2n) is 5.93. The lowest BCUT2D eigenvalue weighted by Gasteiger charge is -2.12. The van der Waals surface area contributed by atoms with E-state index in [1.165, 1.54) is 0 Å². The van der Waals surface area contributed by atoms with Gasteiger partial charge in [-0.1, -0.05) is 47.5 Å². The number of benzene rings is 3. The molecule has 0 radical (unpaired) electrons. The van der Waals surface area contributed by atoms with E-state index >= 15 is 0 Å². The highest BCUT2D eigenvalue weighted by Crippen LogP contribution is 2.30. The Hall–Kier alpha value is -2.49. The predicted octanol–water partition coefficient (Wildman–Crippen LogP) is 6.64. The average Bonchev–Trinajstić information content (AvgIpc) is 2.69. The quantitative estimate of drug-likeness (QED) is 0.434. The molecule has 3 aromatic rings. The van der Waals surface area contributed by atoms with Crippen molar-refractivity contribution in [3.05, 3.63) is 87.4 Å². The molecular weight excluding hydrogens is 381 g/mol. The molecule has 0 aliphatic heterocycles. The molecule has 0 aromatic heterocycles. The zero-order valence-corrected chi connectivity index (χ0v) is 16.6. The fourth-order valence-electron chi connectivity index (χ4n) is 2.53. The number of methoxy groups -OCH3 is 1. The Kier molecular flexibility index (Phi) is 6.38. The van der Waals surface area contributed by atoms with E-state index in [9.17, 15) is 0 Å². The first-order chi connectivity index (χ1) is 13.1. The molecule has 0 bridgehead atoms. The molecule has 0 saturated heterocycles. The maximum atomic E-state index is 6.17. The summed E-state index contributed by atoms with van der Waals surface area (Å²) in [6.07, 6.45) is 1.78. The smallest absolute Gasteiger partial charge is 0.161 e. The molecule has 0 heterocycles. The van der Waals surface area contributed by atoms with Crippen LogP contribution in [0, 0.1) is 6.92 Å². The molecule has 0 spiro atoms. The minimum Gasteiger partial charge on any atom is -0.493 e. The molecule has 0 unspecified atom stereocenters. The van der Waals surface area contributed by atoms with Gasteiger partial charge in [0.05, 0.1) is 12.8 Å². The molecule has 3 rings (SSSR count). The second-order valence-corrected chi connectivity index (χ2v) is 6.75. The van der Waals surface area contributed by atoms with E-state index in [0.29, 0.717) is 28.2 Å². The Bertz CT molecular complexity index is 970. The van der Waals surface area contributed by atoms with Crippen LogP contribution in [0.5, 0.6) is 11.5 Å². The zero-order chi connectivity index (χ0) is 19.2. The van der Waals surface area contributed by atoms with Crippen LogP contribution < -0.4 is 9.47 Å². The number of nitrogens with zero attached hydrogens (tertiary/aromatic N) is 1. The van der Waals surface area contributed by atoms with Crippen molar-refractivity contribution in [2.24, 2.45) is 4.99 Å². The van der Waals surface area contributed by atoms with E-state index in [2.05, 4.69) is 4.99 Å². The van der Waals surface area contributed by atoms with Crippen molar-refractivity contribution in [1.82, 2.24) is 0 Å². The van der Waals surface area contributed by atoms with Gasteiger partial charge < -0.3 is 9.47 Å². The predicted molar refractivity (Wildman–Crippen MR) is 112 cm³/mol. The van der Waals surface area contributed by atoms with Gasteiger partial charge in [-0.15, -0.1) is 0 Å². The lowest BCUT2D eigenvalue weighted by atomic mass is 10.2. The van der Waals surface area contributed by atoms with Crippen LogP contribution in [0.1, 0.15) is 16.7 Å². The van der Waals surface area contributed by atoms with Crippen LogP contribution in [-0.2, 0) is 6.61 Å². The van der Waals surface area contributed by atoms with Gasteiger partial charge in [0.15, 0.2) is 11.5 Å². The van der Waals surface area contributed by atoms with Crippen LogP contribution in [0.4, 0.5) is 5.69 Å². The Balaban J connectivity index is 1.77. The van der Waals surface area contributed by atoms with Crippen molar-refractivity contribution in [2.75, 3.05) is 7.11 Å². The molecule has 27 heavy (non-hydrogen) atoms. The fraction of sp³-hybridized carbons (Fsp3) is 0.136. The Morgan fingerprint density at radius 3 is 2.48 bits per heavy atom. The third kappa shape index (κ3) is 4.82. The van der Waals surface area contributed by atoms with Gasteiger partial charge in [-0.2, -0.15) is 0 Å². The van der Waals surface area contributed by atoms with Crippen molar-refractivity contribution >= 4 is 35.1 Å². The van der Waals surface area contributed by atoms with Crippen molar-refractivity contribution in [3.8, 4) is 11.5 Å². The number of aliphatic imine (C=N–C) groups is 1. The van der Waals surface area contributed by atoms with Gasteiger partial charge in [0, 0.05) is 21.8 Å². The summed E-state index contributed by atoms with van der Waals surface area (Å²) in [4.78, 5) is 4.52. The molecular formula is C22H19Cl2NO2. The first-order valence-electron chi connectivity index (χ1n) is 8.42. The van der Waals surface area contributed by atoms with Crippen molar-refractivity contribution in [1.29, 1.82) is 0 Å². The van der Waals surface area contributed by atoms with Crippen LogP contribution in [0.3, 0.4) is 0 Å². The highest BCUT2D eigenvalue weighted by Gasteiger charge is 2.07. The highest BCUT2D eigenvalue weighted by atomic mass is 35.5. The maximum Gasteiger partial charge on any atom is 0.161 e. The summed E-state index contributed by atoms with van der Waals surface area (Å²) >= 11 is 12.3. The van der Waals surface area contributed by atoms with Gasteiger partial charge in [0.25, 0.3) is 0 Å². The molecule has 0 aliphatic carbocycles. The molecule has 0 N–H and O–H groups in total. The van der Waals surface area contributed by atoms with E-state index < -0.39 is 0 Å². The van der Waals surface area contributed by atoms with Gasteiger partial charge in [-0.3, -0.25) is 4.99 Å². The number of ether oxygens (including phenoxy) is 2. The molecule has 5 heteroatoms. The van der Waals surface area contributed by atoms with E-state index in [0.717, 1.165) is 22.4 Å². The summed E-state index contributed by atoms with van der Waals surface area (Å²) < 4.78 is 11.3. The summed E-state index contributed by atoms with van der Waals surface area (Å²) in [6, 6.07) is 18.9. The van der Waals surface area contributed by atoms with Gasteiger partial charge in [0.2, 0.25) is 0 Å². The third-order valence-electron chi connectivity index (χ3n) is 4.12. The fourth-order valence-corrected chi connectivity index (χ4v) is 2.89. The van der Waals surface area contributed by atoms with Gasteiger partial charge in [0.1, 0.15) is 6.61 Å². The summed E-state index contributed by atoms with van der Waals surface area (Å²) in [6.45, 7) is 2.31. The lowest BCUT2D eigenvalue weighted by Crippen LogP contribution is -1.99. The topological polar surface area (TPSA) is 30.8 Å². The van der Waals surface area contributed by atoms with Crippen molar-refractivity contribution in [2.45, 2.75) is 13.5 Å². The van der Waals surface area contributed by atoms with Crippen molar-refractivity contribution in [3.63, 3.8) is 0 Å². The first kappa shape index (κ1) is 19.3. The molecule has 3 nitrogen and oxygen atoms in total. The van der Waals surface area contributed by atoms with Crippen LogP contribution in [-0.4, -0.2) is 13.3 Å². The molecule has 0 aliphatic rings. The standard InChI is InChI=1S/C22H19Cl2NO2/c1-15-18(23)8-5-9-20(15)25-13-16-10-11-21(22(12-16)26-2)27-14-17-6-3-4-7-19(17)24/h3-13H,14H2,1-2H3. The number of hydrogen-bond acceptors (Lipinski definition) is 3. The van der Waals surface area contributed by atoms with E-state index in [-0.39, 0.29) is 0 Å². The van der Waals surface area contributed by atoms with Crippen molar-refractivity contribution < 1.29 is 9.47 Å². The van der Waals surface area contributed by atoms with E-state index in [4.69, 9.17) is 32.7 Å². The molecule has 0 fully saturated rings. The maximum absolute atomic E-state index is 6.17. The first-order valence-corrected chi connectivity index (χ1v) is 9.17. The van der Waals surface area contributed by atoms with Gasteiger partial charge in [-0.05, 0) is 54.4 Å². The number of halogens is 2. The Labute approximate surface area is 169 Å². The lowest BCUT2D eigenvalue weighted by molar-refractivity contribution is 0.284. The minimum atomic E-state index is 0.366. The molecule has 0 atom stereocenters. The third-order valence-corrected chi connectivity index (χ3v) is 4.90. The van der Waals surface area contributed by atoms with E-state index in [1.54, 1.807) is 13.3 Å². The van der Waals surface area contributed by atoms with Gasteiger partial charge in [-0.25, -0.2) is 0 Å². The van der Waals surface area contributed by atoms with Crippen LogP contribution >= 0.6 is 23.2 Å². The SMILES string of the molecule is COc1cc(C=Nc2cccc(Cl)c2C)ccc1OCc1ccccc1Cl. The zero-order valence-electron chi connectivity index (χ0n) is 15.1. The average molecular weight is 400 g/mol. The van der Waals surface area contributed by atoms with Crippen LogP contribution in [0.2, 0.25) is 10.0 Å². The Morgan fingerprint density at radius 1 is 0.926 bits per heavy atom. The van der Waals surface area contributed by atoms with Gasteiger partial charge >= 0.3 is 0 Å². The summed E-state index contributed by atoms with van der Waals surface area (Å²) in [5.41, 5.74) is 3.60. The van der Waals surface area contributed by atoms with E-state index in [1.807, 2.05) is 67.6 Å². The number of hydrogen-bond donors (Lipinski definition) is 0. The van der Waals surface area contributed by atoms with Crippen LogP contribution in [0.25, 0.3) is 0 Å². The van der Waals surface area contributed by atoms with Crippen LogP contribution in [0.15, 0.2) is 65.7 Å². The molecule has 138 valence electrons. The highest BCUT2D eigenvalue weighted by molar-refractivity contribution is 6.31. The summed E-state index contributed by atoms with van der Waals surface area (Å²) in [7, 11) is 1.61. The largest absolute Gasteiger partial charge is 0.493 e. The molecule has 0 saturated carbocycles. The normalized spacial score (nSPS) is 11.0. The monoisotopic (exact) mass is 399 g/mol.